The fraction of sp³-hybridized carbons (Fsp3) is 0. The third-order valence-corrected chi connectivity index (χ3v) is 2.24. The molecule has 1 heterocycles. The molecule has 0 aliphatic carbocycles. The van der Waals surface area contributed by atoms with Gasteiger partial charge in [0.1, 0.15) is 5.75 Å². The zero-order valence-corrected chi connectivity index (χ0v) is 9.39. The number of halogens is 1. The lowest BCUT2D eigenvalue weighted by atomic mass is 10.2. The number of nitrogens with two attached hydrogens (primary N) is 1. The van der Waals surface area contributed by atoms with Gasteiger partial charge >= 0.3 is 0 Å². The van der Waals surface area contributed by atoms with Crippen LogP contribution in [0.5, 0.6) is 11.6 Å². The molecule has 17 heavy (non-hydrogen) atoms. The minimum Gasteiger partial charge on any atom is -0.436 e. The lowest BCUT2D eigenvalue weighted by molar-refractivity contribution is 0.0998. The maximum Gasteiger partial charge on any atom is 0.257 e. The van der Waals surface area contributed by atoms with Crippen molar-refractivity contribution in [2.45, 2.75) is 0 Å². The van der Waals surface area contributed by atoms with Gasteiger partial charge in [0, 0.05) is 12.4 Å². The van der Waals surface area contributed by atoms with Crippen LogP contribution in [-0.2, 0) is 0 Å². The minimum atomic E-state index is -0.583. The molecule has 0 bridgehead atoms. The van der Waals surface area contributed by atoms with E-state index >= 15 is 0 Å². The number of hydrogen-bond donors (Lipinski definition) is 1. The van der Waals surface area contributed by atoms with E-state index in [-0.39, 0.29) is 16.6 Å². The lowest BCUT2D eigenvalue weighted by Crippen LogP contribution is -2.12. The number of ether oxygens (including phenoxy) is 1. The van der Waals surface area contributed by atoms with Crippen molar-refractivity contribution in [2.24, 2.45) is 5.73 Å². The summed E-state index contributed by atoms with van der Waals surface area (Å²) in [6.07, 6.45) is 2.88. The van der Waals surface area contributed by atoms with Gasteiger partial charge < -0.3 is 10.5 Å². The highest BCUT2D eigenvalue weighted by atomic mass is 35.5. The number of para-hydroxylation sites is 1. The standard InChI is InChI=1S/C11H8ClN3O2/c12-9-11(15-6-5-14-9)17-8-4-2-1-3-7(8)10(13)16/h1-6H,(H2,13,16). The van der Waals surface area contributed by atoms with Gasteiger partial charge in [-0.05, 0) is 12.1 Å². The quantitative estimate of drug-likeness (QED) is 0.903. The molecule has 0 aliphatic rings. The molecule has 1 aromatic carbocycles. The molecule has 0 atom stereocenters. The van der Waals surface area contributed by atoms with E-state index in [1.807, 2.05) is 0 Å². The molecule has 0 aliphatic heterocycles. The van der Waals surface area contributed by atoms with Gasteiger partial charge in [-0.3, -0.25) is 4.79 Å². The number of carbonyl (C=O) groups is 1. The number of benzene rings is 1. The van der Waals surface area contributed by atoms with Crippen molar-refractivity contribution in [1.82, 2.24) is 9.97 Å². The molecule has 1 amide bonds. The first kappa shape index (κ1) is 11.3. The molecule has 5 nitrogen and oxygen atoms in total. The van der Waals surface area contributed by atoms with E-state index in [4.69, 9.17) is 22.1 Å². The van der Waals surface area contributed by atoms with E-state index in [1.165, 1.54) is 12.4 Å². The van der Waals surface area contributed by atoms with Crippen molar-refractivity contribution in [3.63, 3.8) is 0 Å². The third kappa shape index (κ3) is 2.51. The van der Waals surface area contributed by atoms with Crippen LogP contribution in [0, 0.1) is 0 Å². The van der Waals surface area contributed by atoms with Gasteiger partial charge in [0.05, 0.1) is 5.56 Å². The number of nitrogens with zero attached hydrogens (tertiary/aromatic N) is 2. The van der Waals surface area contributed by atoms with Crippen molar-refractivity contribution in [1.29, 1.82) is 0 Å². The summed E-state index contributed by atoms with van der Waals surface area (Å²) in [5.74, 6) is -0.161. The Morgan fingerprint density at radius 2 is 1.94 bits per heavy atom. The van der Waals surface area contributed by atoms with E-state index < -0.39 is 5.91 Å². The van der Waals surface area contributed by atoms with Crippen LogP contribution in [0.4, 0.5) is 0 Å². The number of amides is 1. The van der Waals surface area contributed by atoms with Gasteiger partial charge in [-0.1, -0.05) is 23.7 Å². The first-order valence-electron chi connectivity index (χ1n) is 4.71. The summed E-state index contributed by atoms with van der Waals surface area (Å²) in [7, 11) is 0. The summed E-state index contributed by atoms with van der Waals surface area (Å²) in [5.41, 5.74) is 5.48. The van der Waals surface area contributed by atoms with Gasteiger partial charge in [-0.15, -0.1) is 0 Å². The van der Waals surface area contributed by atoms with Crippen molar-refractivity contribution in [3.05, 3.63) is 47.4 Å². The summed E-state index contributed by atoms with van der Waals surface area (Å²) in [6, 6.07) is 6.56. The fourth-order valence-electron chi connectivity index (χ4n) is 1.24. The number of rotatable bonds is 3. The zero-order valence-electron chi connectivity index (χ0n) is 8.63. The molecule has 0 saturated carbocycles. The third-order valence-electron chi connectivity index (χ3n) is 1.98. The Hall–Kier alpha value is -2.14. The number of hydrogen-bond acceptors (Lipinski definition) is 4. The fourth-order valence-corrected chi connectivity index (χ4v) is 1.38. The second-order valence-corrected chi connectivity index (χ2v) is 3.47. The Morgan fingerprint density at radius 1 is 1.24 bits per heavy atom. The minimum absolute atomic E-state index is 0.117. The first-order chi connectivity index (χ1) is 8.18. The topological polar surface area (TPSA) is 78.1 Å². The van der Waals surface area contributed by atoms with E-state index in [1.54, 1.807) is 24.3 Å². The van der Waals surface area contributed by atoms with Crippen LogP contribution < -0.4 is 10.5 Å². The average Bonchev–Trinajstić information content (AvgIpc) is 2.32. The molecule has 0 unspecified atom stereocenters. The molecule has 2 N–H and O–H groups in total. The lowest BCUT2D eigenvalue weighted by Gasteiger charge is -2.08. The summed E-state index contributed by atoms with van der Waals surface area (Å²) in [4.78, 5) is 18.9. The molecular weight excluding hydrogens is 242 g/mol. The molecule has 2 rings (SSSR count). The maximum atomic E-state index is 11.2. The largest absolute Gasteiger partial charge is 0.436 e. The predicted molar refractivity (Wildman–Crippen MR) is 62.1 cm³/mol. The number of carbonyl (C=O) groups excluding carboxylic acids is 1. The van der Waals surface area contributed by atoms with E-state index in [0.717, 1.165) is 0 Å². The van der Waals surface area contributed by atoms with E-state index in [9.17, 15) is 4.79 Å². The molecule has 6 heteroatoms. The monoisotopic (exact) mass is 249 g/mol. The Bertz CT molecular complexity index is 560. The maximum absolute atomic E-state index is 11.2. The van der Waals surface area contributed by atoms with Crippen molar-refractivity contribution in [2.75, 3.05) is 0 Å². The summed E-state index contributed by atoms with van der Waals surface area (Å²) in [5, 5.41) is 0.117. The van der Waals surface area contributed by atoms with Gasteiger partial charge in [-0.2, -0.15) is 0 Å². The Kier molecular flexibility index (Phi) is 3.20. The number of aromatic nitrogens is 2. The van der Waals surface area contributed by atoms with Gasteiger partial charge in [0.2, 0.25) is 0 Å². The second kappa shape index (κ2) is 4.80. The number of primary amides is 1. The molecule has 0 radical (unpaired) electrons. The molecule has 0 saturated heterocycles. The predicted octanol–water partition coefficient (Wildman–Crippen LogP) is 2.02. The van der Waals surface area contributed by atoms with Crippen LogP contribution >= 0.6 is 11.6 Å². The van der Waals surface area contributed by atoms with E-state index in [2.05, 4.69) is 9.97 Å². The summed E-state index contributed by atoms with van der Waals surface area (Å²) >= 11 is 5.79. The van der Waals surface area contributed by atoms with Crippen LogP contribution in [0.25, 0.3) is 0 Å². The highest BCUT2D eigenvalue weighted by Crippen LogP contribution is 2.27. The Morgan fingerprint density at radius 3 is 2.65 bits per heavy atom. The summed E-state index contributed by atoms with van der Waals surface area (Å²) in [6.45, 7) is 0. The average molecular weight is 250 g/mol. The Labute approximate surface area is 102 Å². The van der Waals surface area contributed by atoms with E-state index in [0.29, 0.717) is 5.75 Å². The van der Waals surface area contributed by atoms with Crippen molar-refractivity contribution in [3.8, 4) is 11.6 Å². The SMILES string of the molecule is NC(=O)c1ccccc1Oc1nccnc1Cl. The van der Waals surface area contributed by atoms with Crippen LogP contribution in [0.1, 0.15) is 10.4 Å². The van der Waals surface area contributed by atoms with Crippen LogP contribution in [-0.4, -0.2) is 15.9 Å². The van der Waals surface area contributed by atoms with Crippen molar-refractivity contribution >= 4 is 17.5 Å². The highest BCUT2D eigenvalue weighted by molar-refractivity contribution is 6.30. The molecular formula is C11H8ClN3O2. The zero-order chi connectivity index (χ0) is 12.3. The van der Waals surface area contributed by atoms with Gasteiger partial charge in [0.15, 0.2) is 5.15 Å². The normalized spacial score (nSPS) is 9.94. The van der Waals surface area contributed by atoms with Crippen LogP contribution in [0.3, 0.4) is 0 Å². The van der Waals surface area contributed by atoms with Gasteiger partial charge in [-0.25, -0.2) is 9.97 Å². The molecule has 0 spiro atoms. The van der Waals surface area contributed by atoms with Crippen molar-refractivity contribution < 1.29 is 9.53 Å². The van der Waals surface area contributed by atoms with Gasteiger partial charge in [0.25, 0.3) is 11.8 Å². The summed E-state index contributed by atoms with van der Waals surface area (Å²) < 4.78 is 5.40. The highest BCUT2D eigenvalue weighted by Gasteiger charge is 2.11. The molecule has 2 aromatic rings. The smallest absolute Gasteiger partial charge is 0.257 e. The molecule has 1 aromatic heterocycles. The van der Waals surface area contributed by atoms with Crippen LogP contribution in [0.2, 0.25) is 5.15 Å². The molecule has 0 fully saturated rings. The molecule has 86 valence electrons. The van der Waals surface area contributed by atoms with Crippen LogP contribution in [0.15, 0.2) is 36.7 Å². The second-order valence-electron chi connectivity index (χ2n) is 3.11. The first-order valence-corrected chi connectivity index (χ1v) is 5.09. The Balaban J connectivity index is 2.37.